The Morgan fingerprint density at radius 3 is 2.46 bits per heavy atom. The Labute approximate surface area is 176 Å². The van der Waals surface area contributed by atoms with Crippen molar-refractivity contribution >= 4 is 6.48 Å². The second kappa shape index (κ2) is 8.83. The summed E-state index contributed by atoms with van der Waals surface area (Å²) in [6.45, 7) is 4.68. The maximum atomic E-state index is 5.72. The zero-order chi connectivity index (χ0) is 16.7. The molecule has 4 heteroatoms. The maximum absolute atomic E-state index is 5.72. The predicted octanol–water partition coefficient (Wildman–Crippen LogP) is -1.43. The SMILES string of the molecule is COc1cc[c]([Zr+2]([C]2=CC=CC2)=[C](C)C)c2c1-c1ccccc1C2.[Cl-].[Cl-]. The van der Waals surface area contributed by atoms with E-state index in [0.29, 0.717) is 0 Å². The summed E-state index contributed by atoms with van der Waals surface area (Å²) >= 11 is -1.96. The van der Waals surface area contributed by atoms with Crippen molar-refractivity contribution in [2.75, 3.05) is 7.11 Å². The van der Waals surface area contributed by atoms with Crippen LogP contribution in [-0.4, -0.2) is 10.3 Å². The van der Waals surface area contributed by atoms with Crippen LogP contribution >= 0.6 is 0 Å². The van der Waals surface area contributed by atoms with Gasteiger partial charge >= 0.3 is 152 Å². The first-order valence-electron chi connectivity index (χ1n) is 8.52. The third-order valence-electron chi connectivity index (χ3n) is 5.01. The fraction of sp³-hybridized carbons (Fsp3) is 0.227. The van der Waals surface area contributed by atoms with Gasteiger partial charge in [0.05, 0.1) is 0 Å². The summed E-state index contributed by atoms with van der Waals surface area (Å²) in [6.07, 6.45) is 9.11. The van der Waals surface area contributed by atoms with E-state index in [4.69, 9.17) is 4.74 Å². The van der Waals surface area contributed by atoms with Crippen LogP contribution in [0.25, 0.3) is 11.1 Å². The van der Waals surface area contributed by atoms with E-state index in [1.807, 2.05) is 0 Å². The van der Waals surface area contributed by atoms with Gasteiger partial charge in [-0.2, -0.15) is 0 Å². The molecule has 0 amide bonds. The molecule has 1 nitrogen and oxygen atoms in total. The Balaban J connectivity index is 0.00000121. The van der Waals surface area contributed by atoms with Crippen molar-refractivity contribution in [2.24, 2.45) is 0 Å². The molecule has 0 aromatic heterocycles. The molecule has 0 N–H and O–H groups in total. The maximum Gasteiger partial charge on any atom is -1.00 e. The number of halogens is 2. The van der Waals surface area contributed by atoms with E-state index < -0.39 is 21.3 Å². The molecular weight excluding hydrogens is 442 g/mol. The molecule has 0 fully saturated rings. The molecule has 0 saturated heterocycles. The van der Waals surface area contributed by atoms with Crippen molar-refractivity contribution in [3.05, 3.63) is 69.0 Å². The summed E-state index contributed by atoms with van der Waals surface area (Å²) in [7, 11) is 1.79. The molecule has 0 aliphatic heterocycles. The number of methoxy groups -OCH3 is 1. The summed E-state index contributed by atoms with van der Waals surface area (Å²) in [4.78, 5) is 0. The van der Waals surface area contributed by atoms with E-state index in [2.05, 4.69) is 68.5 Å². The quantitative estimate of drug-likeness (QED) is 0.462. The van der Waals surface area contributed by atoms with Crippen molar-refractivity contribution in [2.45, 2.75) is 26.7 Å². The second-order valence-corrected chi connectivity index (χ2v) is 13.9. The summed E-state index contributed by atoms with van der Waals surface area (Å²) < 4.78 is 10.7. The Hall–Kier alpha value is -0.947. The first-order chi connectivity index (χ1) is 11.7. The van der Waals surface area contributed by atoms with Crippen LogP contribution in [0.1, 0.15) is 31.4 Å². The van der Waals surface area contributed by atoms with Crippen LogP contribution in [0.2, 0.25) is 0 Å². The molecule has 0 bridgehead atoms. The second-order valence-electron chi connectivity index (χ2n) is 6.70. The molecule has 2 aliphatic rings. The van der Waals surface area contributed by atoms with E-state index >= 15 is 0 Å². The zero-order valence-electron chi connectivity index (χ0n) is 15.3. The summed E-state index contributed by atoms with van der Waals surface area (Å²) in [5, 5.41) is 0. The van der Waals surface area contributed by atoms with Gasteiger partial charge in [0.15, 0.2) is 0 Å². The molecule has 0 saturated carbocycles. The molecule has 0 unspecified atom stereocenters. The van der Waals surface area contributed by atoms with Crippen molar-refractivity contribution in [1.29, 1.82) is 0 Å². The Morgan fingerprint density at radius 2 is 1.81 bits per heavy atom. The third kappa shape index (κ3) is 3.57. The van der Waals surface area contributed by atoms with Crippen molar-refractivity contribution in [1.82, 2.24) is 0 Å². The molecule has 26 heavy (non-hydrogen) atoms. The standard InChI is InChI=1S/C14H11O.C5H5.C3H6.2ClH.Zr/c1-15-13-8-4-6-11-9-10-5-2-3-7-12(10)14(11)13;1-2-4-5-3-1;1-3-2;;;/h2-5,7-8H,9H2,1H3;1-3H,4H2;1-2H3;2*1H;/q;;;;;+2/p-2. The van der Waals surface area contributed by atoms with Crippen molar-refractivity contribution in [3.8, 4) is 16.9 Å². The smallest absolute Gasteiger partial charge is 1.00 e. The zero-order valence-corrected chi connectivity index (χ0v) is 19.2. The van der Waals surface area contributed by atoms with Gasteiger partial charge in [-0.15, -0.1) is 0 Å². The van der Waals surface area contributed by atoms with Crippen molar-refractivity contribution in [3.63, 3.8) is 0 Å². The van der Waals surface area contributed by atoms with E-state index in [-0.39, 0.29) is 24.8 Å². The van der Waals surface area contributed by atoms with E-state index in [1.54, 1.807) is 16.9 Å². The minimum absolute atomic E-state index is 0. The van der Waals surface area contributed by atoms with Gasteiger partial charge < -0.3 is 24.8 Å². The molecular formula is C22H22Cl2OZr. The number of rotatable bonds is 3. The Kier molecular flexibility index (Phi) is 7.25. The first-order valence-corrected chi connectivity index (χ1v) is 12.2. The average Bonchev–Trinajstić information content (AvgIpc) is 3.22. The van der Waals surface area contributed by atoms with E-state index in [0.717, 1.165) is 18.6 Å². The van der Waals surface area contributed by atoms with Crippen molar-refractivity contribution < 1.29 is 50.8 Å². The molecule has 134 valence electrons. The normalized spacial score (nSPS) is 12.8. The first kappa shape index (κ1) is 21.4. The van der Waals surface area contributed by atoms with E-state index in [9.17, 15) is 0 Å². The molecule has 4 rings (SSSR count). The Bertz CT molecular complexity index is 922. The fourth-order valence-electron chi connectivity index (χ4n) is 4.01. The van der Waals surface area contributed by atoms with Crippen LogP contribution in [-0.2, 0) is 27.7 Å². The van der Waals surface area contributed by atoms with Gasteiger partial charge in [-0.05, 0) is 0 Å². The largest absolute Gasteiger partial charge is 1.00 e. The van der Waals surface area contributed by atoms with Gasteiger partial charge in [-0.1, -0.05) is 0 Å². The van der Waals surface area contributed by atoms with Gasteiger partial charge in [-0.25, -0.2) is 0 Å². The number of allylic oxidation sites excluding steroid dienone is 4. The number of benzene rings is 2. The summed E-state index contributed by atoms with van der Waals surface area (Å²) in [6, 6.07) is 13.4. The summed E-state index contributed by atoms with van der Waals surface area (Å²) in [5.74, 6) is 1.02. The van der Waals surface area contributed by atoms with Gasteiger partial charge in [0, 0.05) is 0 Å². The number of hydrogen-bond acceptors (Lipinski definition) is 1. The predicted molar refractivity (Wildman–Crippen MR) is 99.1 cm³/mol. The van der Waals surface area contributed by atoms with Crippen LogP contribution in [0.5, 0.6) is 5.75 Å². The molecule has 2 aliphatic carbocycles. The van der Waals surface area contributed by atoms with E-state index in [1.165, 1.54) is 22.3 Å². The van der Waals surface area contributed by atoms with Crippen LogP contribution in [0, 0.1) is 0 Å². The van der Waals surface area contributed by atoms with Crippen LogP contribution < -0.4 is 32.8 Å². The van der Waals surface area contributed by atoms with Gasteiger partial charge in [0.2, 0.25) is 0 Å². The van der Waals surface area contributed by atoms with Gasteiger partial charge in [-0.3, -0.25) is 0 Å². The number of hydrogen-bond donors (Lipinski definition) is 0. The van der Waals surface area contributed by atoms with Gasteiger partial charge in [0.1, 0.15) is 0 Å². The molecule has 0 radical (unpaired) electrons. The van der Waals surface area contributed by atoms with Crippen LogP contribution in [0.15, 0.2) is 57.9 Å². The number of ether oxygens (including phenoxy) is 1. The fourth-order valence-corrected chi connectivity index (χ4v) is 11.1. The van der Waals surface area contributed by atoms with Gasteiger partial charge in [0.25, 0.3) is 0 Å². The molecule has 2 aromatic carbocycles. The summed E-state index contributed by atoms with van der Waals surface area (Å²) in [5.41, 5.74) is 5.67. The number of fused-ring (bicyclic) bond motifs is 3. The van der Waals surface area contributed by atoms with Crippen LogP contribution in [0.3, 0.4) is 0 Å². The minimum atomic E-state index is -1.96. The third-order valence-corrected chi connectivity index (χ3v) is 12.4. The molecule has 2 aromatic rings. The molecule has 0 spiro atoms. The topological polar surface area (TPSA) is 9.23 Å². The monoisotopic (exact) mass is 462 g/mol. The molecule has 0 atom stereocenters. The molecule has 0 heterocycles. The van der Waals surface area contributed by atoms with Crippen LogP contribution in [0.4, 0.5) is 0 Å². The average molecular weight is 465 g/mol. The minimum Gasteiger partial charge on any atom is -1.00 e. The Morgan fingerprint density at radius 1 is 1.04 bits per heavy atom.